The molecule has 3 rings (SSSR count). The molecular weight excluding hydrogens is 403 g/mol. The number of H-pyrrole nitrogens is 1. The molecule has 155 valence electrons. The maximum Gasteiger partial charge on any atom is 0.387 e. The van der Waals surface area contributed by atoms with E-state index in [1.54, 1.807) is 0 Å². The highest BCUT2D eigenvalue weighted by Crippen LogP contribution is 2.22. The number of aromatic amines is 1. The molecule has 1 atom stereocenters. The molecule has 0 saturated heterocycles. The second-order valence-electron chi connectivity index (χ2n) is 6.71. The van der Waals surface area contributed by atoms with E-state index in [0.717, 1.165) is 34.6 Å². The summed E-state index contributed by atoms with van der Waals surface area (Å²) in [5.41, 5.74) is 2.82. The molecule has 2 N–H and O–H groups in total. The summed E-state index contributed by atoms with van der Waals surface area (Å²) in [5.74, 6) is -0.147. The van der Waals surface area contributed by atoms with Gasteiger partial charge in [0.15, 0.2) is 0 Å². The topological polar surface area (TPSA) is 102 Å². The van der Waals surface area contributed by atoms with Gasteiger partial charge in [-0.15, -0.1) is 0 Å². The summed E-state index contributed by atoms with van der Waals surface area (Å²) in [6, 6.07) is 11.3. The third kappa shape index (κ3) is 5.97. The van der Waals surface area contributed by atoms with Crippen molar-refractivity contribution in [2.45, 2.75) is 32.5 Å². The van der Waals surface area contributed by atoms with Crippen LogP contribution in [0.3, 0.4) is 0 Å². The predicted octanol–water partition coefficient (Wildman–Crippen LogP) is 2.99. The Hall–Kier alpha value is -3.07. The van der Waals surface area contributed by atoms with E-state index in [-0.39, 0.29) is 23.2 Å². The fourth-order valence-electron chi connectivity index (χ4n) is 2.78. The zero-order valence-electron chi connectivity index (χ0n) is 16.8. The Balaban J connectivity index is 1.64. The minimum atomic E-state index is -0.398. The first kappa shape index (κ1) is 21.6. The Morgan fingerprint density at radius 2 is 1.97 bits per heavy atom. The van der Waals surface area contributed by atoms with Gasteiger partial charge in [0.2, 0.25) is 5.88 Å². The lowest BCUT2D eigenvalue weighted by molar-refractivity contribution is -0.132. The minimum absolute atomic E-state index is 0.0873. The van der Waals surface area contributed by atoms with Crippen LogP contribution >= 0.6 is 11.3 Å². The number of nitrogens with zero attached hydrogens (tertiary/aromatic N) is 1. The lowest BCUT2D eigenvalue weighted by Crippen LogP contribution is -2.22. The van der Waals surface area contributed by atoms with E-state index in [0.29, 0.717) is 17.0 Å². The molecule has 0 aliphatic rings. The van der Waals surface area contributed by atoms with Gasteiger partial charge in [-0.2, -0.15) is 0 Å². The second kappa shape index (κ2) is 10.1. The number of hydrogen-bond donors (Lipinski definition) is 2. The number of aryl methyl sites for hydroxylation is 1. The number of aromatic nitrogens is 2. The Bertz CT molecular complexity index is 1030. The average Bonchev–Trinajstić information content (AvgIpc) is 3.06. The SMILES string of the molecule is CCc1ccc(C([B]OC(C)=O)COc2ccc(Cc3sc(=O)[nH]c3O)cc2)nc1. The van der Waals surface area contributed by atoms with Gasteiger partial charge in [0, 0.05) is 25.2 Å². The van der Waals surface area contributed by atoms with Crippen molar-refractivity contribution in [2.24, 2.45) is 0 Å². The Labute approximate surface area is 179 Å². The van der Waals surface area contributed by atoms with Gasteiger partial charge in [0.05, 0.1) is 17.3 Å². The molecule has 30 heavy (non-hydrogen) atoms. The zero-order chi connectivity index (χ0) is 21.5. The molecule has 1 aromatic carbocycles. The van der Waals surface area contributed by atoms with E-state index in [4.69, 9.17) is 9.39 Å². The van der Waals surface area contributed by atoms with Crippen LogP contribution in [0.1, 0.15) is 41.4 Å². The highest BCUT2D eigenvalue weighted by molar-refractivity contribution is 7.09. The summed E-state index contributed by atoms with van der Waals surface area (Å²) in [6.07, 6.45) is 3.15. The maximum absolute atomic E-state index is 11.3. The molecular formula is C21H22BN2O5S. The number of hydrogen-bond acceptors (Lipinski definition) is 7. The fourth-order valence-corrected chi connectivity index (χ4v) is 3.54. The molecule has 0 bridgehead atoms. The molecule has 0 aliphatic heterocycles. The Morgan fingerprint density at radius 3 is 2.53 bits per heavy atom. The first-order valence-corrected chi connectivity index (χ1v) is 10.3. The molecule has 9 heteroatoms. The summed E-state index contributed by atoms with van der Waals surface area (Å²) in [7, 11) is 1.45. The molecule has 1 unspecified atom stereocenters. The van der Waals surface area contributed by atoms with Crippen molar-refractivity contribution in [3.8, 4) is 11.6 Å². The number of thiazole rings is 1. The monoisotopic (exact) mass is 425 g/mol. The highest BCUT2D eigenvalue weighted by Gasteiger charge is 2.19. The number of carbonyl (C=O) groups is 1. The van der Waals surface area contributed by atoms with Crippen molar-refractivity contribution in [3.63, 3.8) is 0 Å². The normalized spacial score (nSPS) is 11.7. The summed E-state index contributed by atoms with van der Waals surface area (Å²) < 4.78 is 10.9. The number of aromatic hydroxyl groups is 1. The third-order valence-corrected chi connectivity index (χ3v) is 5.32. The van der Waals surface area contributed by atoms with Gasteiger partial charge in [-0.25, -0.2) is 0 Å². The van der Waals surface area contributed by atoms with Crippen LogP contribution in [0.2, 0.25) is 0 Å². The van der Waals surface area contributed by atoms with Gasteiger partial charge in [0.1, 0.15) is 5.75 Å². The molecule has 1 radical (unpaired) electrons. The third-order valence-electron chi connectivity index (χ3n) is 4.45. The molecule has 0 fully saturated rings. The van der Waals surface area contributed by atoms with Crippen LogP contribution in [0.25, 0.3) is 0 Å². The quantitative estimate of drug-likeness (QED) is 0.511. The van der Waals surface area contributed by atoms with Crippen molar-refractivity contribution in [1.82, 2.24) is 9.97 Å². The van der Waals surface area contributed by atoms with E-state index in [2.05, 4.69) is 16.9 Å². The lowest BCUT2D eigenvalue weighted by atomic mass is 9.77. The lowest BCUT2D eigenvalue weighted by Gasteiger charge is -2.16. The van der Waals surface area contributed by atoms with E-state index in [1.807, 2.05) is 42.6 Å². The van der Waals surface area contributed by atoms with Crippen LogP contribution < -0.4 is 9.61 Å². The van der Waals surface area contributed by atoms with Crippen molar-refractivity contribution in [2.75, 3.05) is 6.61 Å². The molecule has 0 aliphatic carbocycles. The van der Waals surface area contributed by atoms with Gasteiger partial charge in [-0.3, -0.25) is 19.6 Å². The number of carbonyl (C=O) groups excluding carboxylic acids is 1. The van der Waals surface area contributed by atoms with Crippen molar-refractivity contribution < 1.29 is 19.3 Å². The van der Waals surface area contributed by atoms with Crippen molar-refractivity contribution in [3.05, 3.63) is 74.0 Å². The van der Waals surface area contributed by atoms with E-state index in [9.17, 15) is 14.7 Å². The second-order valence-corrected chi connectivity index (χ2v) is 7.78. The first-order chi connectivity index (χ1) is 14.4. The largest absolute Gasteiger partial charge is 0.538 e. The van der Waals surface area contributed by atoms with Crippen LogP contribution in [0.15, 0.2) is 47.4 Å². The smallest absolute Gasteiger partial charge is 0.387 e. The standard InChI is InChI=1S/C21H22BN2O5S/c1-3-14-6-9-18(23-11-14)17(22-29-13(2)25)12-28-16-7-4-15(5-8-16)10-19-20(26)24-21(27)30-19/h4-9,11,17,26H,3,10,12H2,1-2H3,(H,24,27). The summed E-state index contributed by atoms with van der Waals surface area (Å²) in [5, 5.41) is 9.71. The van der Waals surface area contributed by atoms with E-state index in [1.165, 1.54) is 14.4 Å². The zero-order valence-corrected chi connectivity index (χ0v) is 17.6. The molecule has 0 saturated carbocycles. The van der Waals surface area contributed by atoms with Gasteiger partial charge in [-0.1, -0.05) is 36.5 Å². The number of ether oxygens (including phenoxy) is 1. The van der Waals surface area contributed by atoms with Crippen molar-refractivity contribution in [1.29, 1.82) is 0 Å². The summed E-state index contributed by atoms with van der Waals surface area (Å²) in [6.45, 7) is 3.66. The van der Waals surface area contributed by atoms with Gasteiger partial charge < -0.3 is 14.5 Å². The number of rotatable bonds is 9. The number of pyridine rings is 1. The van der Waals surface area contributed by atoms with E-state index >= 15 is 0 Å². The van der Waals surface area contributed by atoms with Crippen LogP contribution in [0, 0.1) is 0 Å². The number of nitrogens with one attached hydrogen (secondary N) is 1. The minimum Gasteiger partial charge on any atom is -0.538 e. The molecule has 0 amide bonds. The average molecular weight is 425 g/mol. The first-order valence-electron chi connectivity index (χ1n) is 9.52. The van der Waals surface area contributed by atoms with Gasteiger partial charge in [0.25, 0.3) is 5.97 Å². The Morgan fingerprint density at radius 1 is 1.23 bits per heavy atom. The van der Waals surface area contributed by atoms with Crippen LogP contribution in [-0.2, 0) is 22.3 Å². The molecule has 2 aromatic heterocycles. The van der Waals surface area contributed by atoms with Crippen LogP contribution in [-0.4, -0.2) is 35.1 Å². The van der Waals surface area contributed by atoms with E-state index < -0.39 is 5.97 Å². The fraction of sp³-hybridized carbons (Fsp3) is 0.286. The predicted molar refractivity (Wildman–Crippen MR) is 115 cm³/mol. The molecule has 2 heterocycles. The molecule has 3 aromatic rings. The maximum atomic E-state index is 11.3. The number of benzene rings is 1. The van der Waals surface area contributed by atoms with Crippen LogP contribution in [0.4, 0.5) is 0 Å². The summed E-state index contributed by atoms with van der Waals surface area (Å²) >= 11 is 0.991. The van der Waals surface area contributed by atoms with Gasteiger partial charge >= 0.3 is 12.4 Å². The van der Waals surface area contributed by atoms with Crippen LogP contribution in [0.5, 0.6) is 11.6 Å². The molecule has 7 nitrogen and oxygen atoms in total. The van der Waals surface area contributed by atoms with Crippen molar-refractivity contribution >= 4 is 24.8 Å². The molecule has 0 spiro atoms. The summed E-state index contributed by atoms with van der Waals surface area (Å²) in [4.78, 5) is 29.6. The highest BCUT2D eigenvalue weighted by atomic mass is 32.1. The van der Waals surface area contributed by atoms with Gasteiger partial charge in [-0.05, 0) is 35.7 Å². The Kier molecular flexibility index (Phi) is 7.29.